The molecule has 1 heterocycles. The normalized spacial score (nSPS) is 14.1. The van der Waals surface area contributed by atoms with Crippen molar-refractivity contribution < 1.29 is 9.18 Å². The van der Waals surface area contributed by atoms with Crippen LogP contribution in [0.4, 0.5) is 16.2 Å². The topological polar surface area (TPSA) is 70.2 Å². The van der Waals surface area contributed by atoms with Gasteiger partial charge in [0.25, 0.3) is 0 Å². The summed E-state index contributed by atoms with van der Waals surface area (Å²) < 4.78 is 13.7. The zero-order chi connectivity index (χ0) is 13.8. The third-order valence-corrected chi connectivity index (χ3v) is 2.75. The van der Waals surface area contributed by atoms with Gasteiger partial charge in [-0.15, -0.1) is 0 Å². The van der Waals surface area contributed by atoms with Gasteiger partial charge in [0.15, 0.2) is 11.6 Å². The van der Waals surface area contributed by atoms with Crippen molar-refractivity contribution in [3.63, 3.8) is 0 Å². The van der Waals surface area contributed by atoms with Crippen molar-refractivity contribution in [1.29, 1.82) is 0 Å². The van der Waals surface area contributed by atoms with Gasteiger partial charge in [-0.3, -0.25) is 4.79 Å². The zero-order valence-corrected chi connectivity index (χ0v) is 11.1. The van der Waals surface area contributed by atoms with Gasteiger partial charge in [-0.1, -0.05) is 0 Å². The van der Waals surface area contributed by atoms with Crippen molar-refractivity contribution in [2.24, 2.45) is 0 Å². The number of nitrogens with zero attached hydrogens (tertiary/aromatic N) is 3. The third kappa shape index (κ3) is 3.77. The zero-order valence-electron chi connectivity index (χ0n) is 11.1. The van der Waals surface area contributed by atoms with Gasteiger partial charge in [-0.25, -0.2) is 9.37 Å². The molecule has 6 nitrogen and oxygen atoms in total. The van der Waals surface area contributed by atoms with E-state index in [1.165, 1.54) is 4.90 Å². The van der Waals surface area contributed by atoms with Crippen LogP contribution in [0.2, 0.25) is 0 Å². The molecule has 0 atom stereocenters. The van der Waals surface area contributed by atoms with Gasteiger partial charge >= 0.3 is 0 Å². The van der Waals surface area contributed by atoms with E-state index < -0.39 is 5.82 Å². The predicted octanol–water partition coefficient (Wildman–Crippen LogP) is 0.762. The van der Waals surface area contributed by atoms with E-state index in [-0.39, 0.29) is 18.3 Å². The van der Waals surface area contributed by atoms with Crippen LogP contribution in [0, 0.1) is 5.82 Å². The molecule has 0 bridgehead atoms. The van der Waals surface area contributed by atoms with Crippen molar-refractivity contribution in [1.82, 2.24) is 15.3 Å². The Bertz CT molecular complexity index is 463. The first-order chi connectivity index (χ1) is 9.10. The molecule has 1 aromatic heterocycles. The summed E-state index contributed by atoms with van der Waals surface area (Å²) in [5.74, 6) is -0.179. The first-order valence-electron chi connectivity index (χ1n) is 6.37. The number of rotatable bonds is 6. The molecule has 104 valence electrons. The first-order valence-corrected chi connectivity index (χ1v) is 6.37. The number of anilines is 2. The van der Waals surface area contributed by atoms with Crippen molar-refractivity contribution in [3.8, 4) is 0 Å². The molecule has 0 unspecified atom stereocenters. The van der Waals surface area contributed by atoms with E-state index in [9.17, 15) is 9.18 Å². The van der Waals surface area contributed by atoms with Crippen LogP contribution in [0.3, 0.4) is 0 Å². The summed E-state index contributed by atoms with van der Waals surface area (Å²) in [5.41, 5.74) is 0. The van der Waals surface area contributed by atoms with Gasteiger partial charge in [-0.2, -0.15) is 4.98 Å². The molecule has 1 aromatic rings. The molecule has 0 aliphatic heterocycles. The lowest BCUT2D eigenvalue weighted by molar-refractivity contribution is -0.119. The van der Waals surface area contributed by atoms with Crippen molar-refractivity contribution in [2.75, 3.05) is 30.4 Å². The molecular formula is C12H18FN5O. The Morgan fingerprint density at radius 3 is 2.95 bits per heavy atom. The van der Waals surface area contributed by atoms with Crippen molar-refractivity contribution >= 4 is 17.7 Å². The summed E-state index contributed by atoms with van der Waals surface area (Å²) in [4.78, 5) is 21.0. The molecule has 0 aromatic carbocycles. The lowest BCUT2D eigenvalue weighted by atomic mass is 10.4. The number of likely N-dealkylation sites (N-methyl/N-ethyl adjacent to an activating group) is 1. The van der Waals surface area contributed by atoms with Gasteiger partial charge < -0.3 is 15.5 Å². The summed E-state index contributed by atoms with van der Waals surface area (Å²) in [5, 5.41) is 5.76. The van der Waals surface area contributed by atoms with Crippen LogP contribution in [0.25, 0.3) is 0 Å². The Morgan fingerprint density at radius 2 is 2.32 bits per heavy atom. The van der Waals surface area contributed by atoms with Gasteiger partial charge in [0, 0.05) is 19.6 Å². The van der Waals surface area contributed by atoms with E-state index in [0.717, 1.165) is 19.0 Å². The highest BCUT2D eigenvalue weighted by Crippen LogP contribution is 2.19. The number of aromatic nitrogens is 2. The van der Waals surface area contributed by atoms with Crippen LogP contribution in [0.5, 0.6) is 0 Å². The van der Waals surface area contributed by atoms with Crippen LogP contribution in [0.15, 0.2) is 6.20 Å². The molecule has 0 radical (unpaired) electrons. The molecule has 1 amide bonds. The summed E-state index contributed by atoms with van der Waals surface area (Å²) in [7, 11) is 1.63. The van der Waals surface area contributed by atoms with Crippen molar-refractivity contribution in [3.05, 3.63) is 12.0 Å². The quantitative estimate of drug-likeness (QED) is 0.796. The standard InChI is InChI=1S/C12H18FN5O/c1-3-14-12-15-6-9(13)11(17-12)18(2)7-10(19)16-8-4-5-8/h6,8H,3-5,7H2,1-2H3,(H,16,19)(H,14,15,17). The molecule has 0 saturated heterocycles. The van der Waals surface area contributed by atoms with Crippen LogP contribution in [-0.4, -0.2) is 42.1 Å². The van der Waals surface area contributed by atoms with Crippen molar-refractivity contribution in [2.45, 2.75) is 25.8 Å². The van der Waals surface area contributed by atoms with Gasteiger partial charge in [0.1, 0.15) is 0 Å². The van der Waals surface area contributed by atoms with E-state index >= 15 is 0 Å². The minimum Gasteiger partial charge on any atom is -0.354 e. The van der Waals surface area contributed by atoms with Gasteiger partial charge in [0.2, 0.25) is 11.9 Å². The fraction of sp³-hybridized carbons (Fsp3) is 0.583. The van der Waals surface area contributed by atoms with E-state index in [0.29, 0.717) is 18.5 Å². The Hall–Kier alpha value is -1.92. The molecule has 0 spiro atoms. The second-order valence-electron chi connectivity index (χ2n) is 4.59. The molecule has 7 heteroatoms. The highest BCUT2D eigenvalue weighted by molar-refractivity contribution is 5.81. The van der Waals surface area contributed by atoms with Gasteiger partial charge in [0.05, 0.1) is 12.7 Å². The number of nitrogens with one attached hydrogen (secondary N) is 2. The average Bonchev–Trinajstić information content (AvgIpc) is 3.15. The highest BCUT2D eigenvalue weighted by Gasteiger charge is 2.24. The fourth-order valence-corrected chi connectivity index (χ4v) is 1.66. The van der Waals surface area contributed by atoms with E-state index in [1.807, 2.05) is 6.92 Å². The molecule has 19 heavy (non-hydrogen) atoms. The Labute approximate surface area is 111 Å². The second kappa shape index (κ2) is 5.81. The summed E-state index contributed by atoms with van der Waals surface area (Å²) in [6, 6.07) is 0.300. The Balaban J connectivity index is 2.01. The molecule has 2 rings (SSSR count). The fourth-order valence-electron chi connectivity index (χ4n) is 1.66. The lowest BCUT2D eigenvalue weighted by Crippen LogP contribution is -2.37. The average molecular weight is 267 g/mol. The molecular weight excluding hydrogens is 249 g/mol. The number of amides is 1. The van der Waals surface area contributed by atoms with Gasteiger partial charge in [-0.05, 0) is 19.8 Å². The molecule has 1 aliphatic rings. The van der Waals surface area contributed by atoms with E-state index in [1.54, 1.807) is 7.05 Å². The Morgan fingerprint density at radius 1 is 1.58 bits per heavy atom. The van der Waals surface area contributed by atoms with E-state index in [4.69, 9.17) is 0 Å². The van der Waals surface area contributed by atoms with Crippen LogP contribution < -0.4 is 15.5 Å². The number of hydrogen-bond donors (Lipinski definition) is 2. The molecule has 2 N–H and O–H groups in total. The summed E-state index contributed by atoms with van der Waals surface area (Å²) in [6.07, 6.45) is 3.17. The monoisotopic (exact) mass is 267 g/mol. The maximum Gasteiger partial charge on any atom is 0.239 e. The number of carbonyl (C=O) groups is 1. The predicted molar refractivity (Wildman–Crippen MR) is 70.6 cm³/mol. The Kier molecular flexibility index (Phi) is 4.13. The maximum atomic E-state index is 13.7. The smallest absolute Gasteiger partial charge is 0.239 e. The maximum absolute atomic E-state index is 13.7. The number of halogens is 1. The van der Waals surface area contributed by atoms with E-state index in [2.05, 4.69) is 20.6 Å². The third-order valence-electron chi connectivity index (χ3n) is 2.75. The summed E-state index contributed by atoms with van der Waals surface area (Å²) in [6.45, 7) is 2.63. The largest absolute Gasteiger partial charge is 0.354 e. The lowest BCUT2D eigenvalue weighted by Gasteiger charge is -2.18. The second-order valence-corrected chi connectivity index (χ2v) is 4.59. The first kappa shape index (κ1) is 13.5. The minimum atomic E-state index is -0.539. The molecule has 1 fully saturated rings. The molecule has 1 aliphatic carbocycles. The number of hydrogen-bond acceptors (Lipinski definition) is 5. The molecule has 1 saturated carbocycles. The summed E-state index contributed by atoms with van der Waals surface area (Å²) >= 11 is 0. The van der Waals surface area contributed by atoms with Crippen LogP contribution in [0.1, 0.15) is 19.8 Å². The SMILES string of the molecule is CCNc1ncc(F)c(N(C)CC(=O)NC2CC2)n1. The van der Waals surface area contributed by atoms with Crippen LogP contribution >= 0.6 is 0 Å². The number of carbonyl (C=O) groups excluding carboxylic acids is 1. The highest BCUT2D eigenvalue weighted by atomic mass is 19.1. The minimum absolute atomic E-state index is 0.0794. The van der Waals surface area contributed by atoms with Crippen LogP contribution in [-0.2, 0) is 4.79 Å².